The molecule has 0 spiro atoms. The van der Waals surface area contributed by atoms with Crippen LogP contribution < -0.4 is 14.8 Å². The lowest BCUT2D eigenvalue weighted by atomic mass is 9.89. The van der Waals surface area contributed by atoms with Crippen molar-refractivity contribution in [2.24, 2.45) is 0 Å². The van der Waals surface area contributed by atoms with Gasteiger partial charge in [-0.2, -0.15) is 0 Å². The van der Waals surface area contributed by atoms with Crippen molar-refractivity contribution in [2.75, 3.05) is 26.6 Å². The van der Waals surface area contributed by atoms with E-state index in [0.29, 0.717) is 26.5 Å². The fourth-order valence-corrected chi connectivity index (χ4v) is 5.81. The maximum Gasteiger partial charge on any atom is 0.341 e. The number of thiophene rings is 1. The summed E-state index contributed by atoms with van der Waals surface area (Å²) in [7, 11) is 4.46. The van der Waals surface area contributed by atoms with Crippen LogP contribution in [0.25, 0.3) is 17.2 Å². The Kier molecular flexibility index (Phi) is 7.93. The van der Waals surface area contributed by atoms with Crippen LogP contribution in [-0.2, 0) is 22.4 Å². The number of hydrogen-bond acceptors (Lipinski definition) is 6. The molecular formula is C27H26BrNO5S. The monoisotopic (exact) mass is 555 g/mol. The molecule has 1 amide bonds. The summed E-state index contributed by atoms with van der Waals surface area (Å²) < 4.78 is 16.4. The largest absolute Gasteiger partial charge is 0.493 e. The Bertz CT molecular complexity index is 1300. The summed E-state index contributed by atoms with van der Waals surface area (Å²) in [5.74, 6) is 0.273. The molecule has 0 atom stereocenters. The van der Waals surface area contributed by atoms with Crippen molar-refractivity contribution in [1.82, 2.24) is 0 Å². The van der Waals surface area contributed by atoms with Crippen molar-refractivity contribution in [3.8, 4) is 22.6 Å². The number of carbonyl (C=O) groups excluding carboxylic acids is 2. The van der Waals surface area contributed by atoms with E-state index in [0.717, 1.165) is 29.5 Å². The van der Waals surface area contributed by atoms with Gasteiger partial charge in [0, 0.05) is 17.0 Å². The van der Waals surface area contributed by atoms with E-state index < -0.39 is 5.97 Å². The molecule has 1 N–H and O–H groups in total. The molecule has 0 bridgehead atoms. The number of hydrogen-bond donors (Lipinski definition) is 1. The molecule has 1 aliphatic carbocycles. The highest BCUT2D eigenvalue weighted by molar-refractivity contribution is 9.10. The highest BCUT2D eigenvalue weighted by Crippen LogP contribution is 2.38. The summed E-state index contributed by atoms with van der Waals surface area (Å²) in [5.41, 5.74) is 5.52. The van der Waals surface area contributed by atoms with Crippen LogP contribution in [0.1, 0.15) is 39.9 Å². The maximum absolute atomic E-state index is 12.7. The van der Waals surface area contributed by atoms with Crippen LogP contribution in [0.3, 0.4) is 0 Å². The first-order valence-electron chi connectivity index (χ1n) is 11.2. The molecule has 182 valence electrons. The Morgan fingerprint density at radius 3 is 2.51 bits per heavy atom. The van der Waals surface area contributed by atoms with Gasteiger partial charge in [0.15, 0.2) is 11.5 Å². The zero-order valence-corrected chi connectivity index (χ0v) is 22.2. The van der Waals surface area contributed by atoms with Crippen LogP contribution in [0.15, 0.2) is 46.3 Å². The number of anilines is 1. The van der Waals surface area contributed by atoms with Gasteiger partial charge < -0.3 is 19.5 Å². The zero-order chi connectivity index (χ0) is 24.9. The average Bonchev–Trinajstić information content (AvgIpc) is 3.29. The van der Waals surface area contributed by atoms with Gasteiger partial charge in [0.1, 0.15) is 10.6 Å². The van der Waals surface area contributed by atoms with Gasteiger partial charge in [-0.15, -0.1) is 11.3 Å². The Balaban J connectivity index is 1.59. The van der Waals surface area contributed by atoms with Gasteiger partial charge in [0.05, 0.1) is 25.8 Å². The second-order valence-electron chi connectivity index (χ2n) is 8.10. The van der Waals surface area contributed by atoms with E-state index in [1.807, 2.05) is 17.5 Å². The number of esters is 1. The lowest BCUT2D eigenvalue weighted by molar-refractivity contribution is -0.111. The first-order chi connectivity index (χ1) is 16.9. The molecule has 0 fully saturated rings. The van der Waals surface area contributed by atoms with Crippen molar-refractivity contribution < 1.29 is 23.8 Å². The Morgan fingerprint density at radius 2 is 1.80 bits per heavy atom. The molecule has 1 aromatic heterocycles. The minimum Gasteiger partial charge on any atom is -0.493 e. The van der Waals surface area contributed by atoms with Crippen molar-refractivity contribution in [1.29, 1.82) is 0 Å². The number of halogens is 1. The first-order valence-corrected chi connectivity index (χ1v) is 12.8. The van der Waals surface area contributed by atoms with Gasteiger partial charge >= 0.3 is 5.97 Å². The van der Waals surface area contributed by atoms with E-state index in [2.05, 4.69) is 33.4 Å². The normalized spacial score (nSPS) is 12.8. The lowest BCUT2D eigenvalue weighted by Gasteiger charge is -2.16. The SMILES string of the molecule is COC(=O)c1c(-c2ccc3c(c2)CCCC3)csc1NC(=O)/C=C/c1cc(Br)c(OC)c(OC)c1. The number of methoxy groups -OCH3 is 3. The van der Waals surface area contributed by atoms with Crippen molar-refractivity contribution in [2.45, 2.75) is 25.7 Å². The third-order valence-electron chi connectivity index (χ3n) is 5.96. The zero-order valence-electron chi connectivity index (χ0n) is 19.8. The molecule has 3 aromatic rings. The summed E-state index contributed by atoms with van der Waals surface area (Å²) in [6, 6.07) is 9.93. The molecule has 0 saturated heterocycles. The fourth-order valence-electron chi connectivity index (χ4n) is 4.23. The maximum atomic E-state index is 12.7. The molecular weight excluding hydrogens is 530 g/mol. The molecule has 0 unspecified atom stereocenters. The third-order valence-corrected chi connectivity index (χ3v) is 7.44. The van der Waals surface area contributed by atoms with E-state index in [4.69, 9.17) is 14.2 Å². The number of aryl methyl sites for hydroxylation is 2. The number of rotatable bonds is 7. The van der Waals surface area contributed by atoms with Crippen LogP contribution in [0.2, 0.25) is 0 Å². The van der Waals surface area contributed by atoms with Crippen LogP contribution in [0.5, 0.6) is 11.5 Å². The minimum atomic E-state index is -0.484. The van der Waals surface area contributed by atoms with Crippen LogP contribution in [0, 0.1) is 0 Å². The van der Waals surface area contributed by atoms with Gasteiger partial charge in [0.25, 0.3) is 0 Å². The van der Waals surface area contributed by atoms with E-state index >= 15 is 0 Å². The second-order valence-corrected chi connectivity index (χ2v) is 9.83. The van der Waals surface area contributed by atoms with Crippen molar-refractivity contribution in [3.63, 3.8) is 0 Å². The van der Waals surface area contributed by atoms with Gasteiger partial charge in [0.2, 0.25) is 5.91 Å². The Labute approximate surface area is 217 Å². The lowest BCUT2D eigenvalue weighted by Crippen LogP contribution is -2.11. The summed E-state index contributed by atoms with van der Waals surface area (Å²) in [6.45, 7) is 0. The van der Waals surface area contributed by atoms with Crippen molar-refractivity contribution >= 4 is 50.2 Å². The number of ether oxygens (including phenoxy) is 3. The van der Waals surface area contributed by atoms with Gasteiger partial charge in [-0.25, -0.2) is 4.79 Å². The summed E-state index contributed by atoms with van der Waals surface area (Å²) in [5, 5.41) is 5.18. The topological polar surface area (TPSA) is 73.9 Å². The molecule has 2 aromatic carbocycles. The van der Waals surface area contributed by atoms with E-state index in [9.17, 15) is 9.59 Å². The highest BCUT2D eigenvalue weighted by atomic mass is 79.9. The van der Waals surface area contributed by atoms with Crippen molar-refractivity contribution in [3.05, 3.63) is 68.5 Å². The quantitative estimate of drug-likeness (QED) is 0.265. The molecule has 35 heavy (non-hydrogen) atoms. The molecule has 0 aliphatic heterocycles. The predicted octanol–water partition coefficient (Wildman–Crippen LogP) is 6.51. The molecule has 8 heteroatoms. The number of benzene rings is 2. The second kappa shape index (κ2) is 11.1. The Hall–Kier alpha value is -3.10. The average molecular weight is 556 g/mol. The molecule has 0 radical (unpaired) electrons. The van der Waals surface area contributed by atoms with Crippen LogP contribution in [-0.4, -0.2) is 33.2 Å². The minimum absolute atomic E-state index is 0.361. The highest BCUT2D eigenvalue weighted by Gasteiger charge is 2.23. The standard InChI is InChI=1S/C27H26BrNO5S/c1-32-22-13-16(12-21(28)25(22)33-2)8-11-23(30)29-26-24(27(31)34-3)20(15-35-26)19-10-9-17-6-4-5-7-18(17)14-19/h8-15H,4-7H2,1-3H3,(H,29,30)/b11-8+. The summed E-state index contributed by atoms with van der Waals surface area (Å²) in [4.78, 5) is 25.4. The van der Waals surface area contributed by atoms with Gasteiger partial charge in [-0.3, -0.25) is 4.79 Å². The predicted molar refractivity (Wildman–Crippen MR) is 143 cm³/mol. The number of carbonyl (C=O) groups is 2. The van der Waals surface area contributed by atoms with E-state index in [-0.39, 0.29) is 5.91 Å². The number of nitrogens with one attached hydrogen (secondary N) is 1. The third kappa shape index (κ3) is 5.44. The summed E-state index contributed by atoms with van der Waals surface area (Å²) >= 11 is 4.76. The molecule has 4 rings (SSSR count). The fraction of sp³-hybridized carbons (Fsp3) is 0.259. The molecule has 1 aliphatic rings. The number of amides is 1. The molecule has 6 nitrogen and oxygen atoms in total. The van der Waals surface area contributed by atoms with E-state index in [1.165, 1.54) is 48.5 Å². The van der Waals surface area contributed by atoms with Crippen LogP contribution >= 0.6 is 27.3 Å². The Morgan fingerprint density at radius 1 is 1.03 bits per heavy atom. The van der Waals surface area contributed by atoms with Gasteiger partial charge in [-0.05, 0) is 82.1 Å². The van der Waals surface area contributed by atoms with Crippen LogP contribution in [0.4, 0.5) is 5.00 Å². The molecule has 1 heterocycles. The molecule has 0 saturated carbocycles. The summed E-state index contributed by atoms with van der Waals surface area (Å²) in [6.07, 6.45) is 7.59. The van der Waals surface area contributed by atoms with Gasteiger partial charge in [-0.1, -0.05) is 18.2 Å². The van der Waals surface area contributed by atoms with E-state index in [1.54, 1.807) is 26.4 Å². The smallest absolute Gasteiger partial charge is 0.341 e. The number of fused-ring (bicyclic) bond motifs is 1. The first kappa shape index (κ1) is 25.0.